The van der Waals surface area contributed by atoms with Gasteiger partial charge in [0, 0.05) is 30.1 Å². The van der Waals surface area contributed by atoms with Crippen LogP contribution in [-0.4, -0.2) is 16.1 Å². The van der Waals surface area contributed by atoms with Gasteiger partial charge in [0.25, 0.3) is 0 Å². The van der Waals surface area contributed by atoms with Crippen LogP contribution in [0.3, 0.4) is 0 Å². The maximum atomic E-state index is 4.55. The fourth-order valence-corrected chi connectivity index (χ4v) is 3.91. The molecular weight excluding hydrogens is 326 g/mol. The first-order valence-corrected chi connectivity index (χ1v) is 9.45. The third-order valence-corrected chi connectivity index (χ3v) is 5.46. The Hall–Kier alpha value is -2.51. The number of nitrogens with zero attached hydrogens (tertiary/aromatic N) is 2. The van der Waals surface area contributed by atoms with Gasteiger partial charge in [0.15, 0.2) is 0 Å². The molecule has 126 valence electrons. The number of aromatic nitrogens is 2. The van der Waals surface area contributed by atoms with Crippen molar-refractivity contribution in [1.29, 1.82) is 0 Å². The molecule has 0 unspecified atom stereocenters. The van der Waals surface area contributed by atoms with Crippen LogP contribution in [0.2, 0.25) is 0 Å². The summed E-state index contributed by atoms with van der Waals surface area (Å²) in [6.07, 6.45) is 9.76. The topological polar surface area (TPSA) is 29.9 Å². The van der Waals surface area contributed by atoms with Crippen molar-refractivity contribution in [2.75, 3.05) is 11.9 Å². The number of hydrogen-bond donors (Lipinski definition) is 1. The van der Waals surface area contributed by atoms with Crippen LogP contribution in [0.15, 0.2) is 43.2 Å². The van der Waals surface area contributed by atoms with E-state index in [0.29, 0.717) is 0 Å². The number of rotatable bonds is 5. The molecule has 1 fully saturated rings. The van der Waals surface area contributed by atoms with E-state index >= 15 is 0 Å². The molecule has 25 heavy (non-hydrogen) atoms. The summed E-state index contributed by atoms with van der Waals surface area (Å²) in [5.41, 5.74) is 2.96. The summed E-state index contributed by atoms with van der Waals surface area (Å²) in [7, 11) is 2.01. The van der Waals surface area contributed by atoms with Crippen molar-refractivity contribution in [2.24, 2.45) is 13.0 Å². The summed E-state index contributed by atoms with van der Waals surface area (Å²) < 4.78 is 2.03. The Balaban J connectivity index is 1.62. The van der Waals surface area contributed by atoms with Crippen LogP contribution in [0.4, 0.5) is 5.69 Å². The first-order chi connectivity index (χ1) is 12.2. The molecule has 0 spiro atoms. The average Bonchev–Trinajstić information content (AvgIpc) is 3.23. The Labute approximate surface area is 152 Å². The summed E-state index contributed by atoms with van der Waals surface area (Å²) in [4.78, 5) is 7.15. The van der Waals surface area contributed by atoms with Gasteiger partial charge < -0.3 is 9.88 Å². The predicted octanol–water partition coefficient (Wildman–Crippen LogP) is 4.59. The van der Waals surface area contributed by atoms with Crippen molar-refractivity contribution in [3.63, 3.8) is 0 Å². The van der Waals surface area contributed by atoms with Crippen molar-refractivity contribution in [1.82, 2.24) is 9.55 Å². The largest absolute Gasteiger partial charge is 0.380 e. The number of pyridine rings is 1. The Bertz CT molecular complexity index is 980. The SMILES string of the molecule is C=CCNc1cnc2c(c1)c(C#Cc1ccc(CC3CC3)s1)cn2C. The van der Waals surface area contributed by atoms with Crippen molar-refractivity contribution >= 4 is 28.1 Å². The lowest BCUT2D eigenvalue weighted by atomic mass is 10.2. The lowest BCUT2D eigenvalue weighted by Crippen LogP contribution is -1.98. The van der Waals surface area contributed by atoms with E-state index in [1.54, 1.807) is 0 Å². The summed E-state index contributed by atoms with van der Waals surface area (Å²) >= 11 is 1.83. The zero-order chi connectivity index (χ0) is 17.2. The van der Waals surface area contributed by atoms with E-state index in [2.05, 4.69) is 53.1 Å². The Kier molecular flexibility index (Phi) is 4.33. The number of aryl methyl sites for hydroxylation is 1. The number of fused-ring (bicyclic) bond motifs is 1. The van der Waals surface area contributed by atoms with Gasteiger partial charge in [-0.1, -0.05) is 17.9 Å². The van der Waals surface area contributed by atoms with Gasteiger partial charge in [-0.2, -0.15) is 0 Å². The van der Waals surface area contributed by atoms with E-state index in [9.17, 15) is 0 Å². The molecule has 3 aromatic rings. The Morgan fingerprint density at radius 3 is 3.08 bits per heavy atom. The van der Waals surface area contributed by atoms with Gasteiger partial charge >= 0.3 is 0 Å². The van der Waals surface area contributed by atoms with Crippen LogP contribution >= 0.6 is 11.3 Å². The summed E-state index contributed by atoms with van der Waals surface area (Å²) in [6, 6.07) is 6.49. The molecule has 4 heteroatoms. The van der Waals surface area contributed by atoms with Crippen molar-refractivity contribution in [2.45, 2.75) is 19.3 Å². The van der Waals surface area contributed by atoms with E-state index < -0.39 is 0 Å². The van der Waals surface area contributed by atoms with E-state index in [1.807, 2.05) is 35.2 Å². The third kappa shape index (κ3) is 3.62. The molecule has 0 atom stereocenters. The maximum absolute atomic E-state index is 4.55. The minimum absolute atomic E-state index is 0.722. The second-order valence-corrected chi connectivity index (χ2v) is 7.75. The quantitative estimate of drug-likeness (QED) is 0.540. The van der Waals surface area contributed by atoms with Gasteiger partial charge in [-0.05, 0) is 43.4 Å². The smallest absolute Gasteiger partial charge is 0.141 e. The van der Waals surface area contributed by atoms with Gasteiger partial charge in [0.1, 0.15) is 5.65 Å². The van der Waals surface area contributed by atoms with Crippen LogP contribution in [0, 0.1) is 17.8 Å². The van der Waals surface area contributed by atoms with E-state index in [0.717, 1.165) is 39.6 Å². The lowest BCUT2D eigenvalue weighted by Gasteiger charge is -2.03. The molecule has 3 aromatic heterocycles. The second-order valence-electron chi connectivity index (χ2n) is 6.58. The van der Waals surface area contributed by atoms with Crippen LogP contribution in [0.1, 0.15) is 28.2 Å². The monoisotopic (exact) mass is 347 g/mol. The summed E-state index contributed by atoms with van der Waals surface area (Å²) in [5, 5.41) is 4.37. The van der Waals surface area contributed by atoms with E-state index in [4.69, 9.17) is 0 Å². The molecule has 0 radical (unpaired) electrons. The van der Waals surface area contributed by atoms with Crippen molar-refractivity contribution in [3.05, 3.63) is 58.6 Å². The van der Waals surface area contributed by atoms with Gasteiger partial charge in [0.2, 0.25) is 0 Å². The minimum atomic E-state index is 0.722. The van der Waals surface area contributed by atoms with Gasteiger partial charge in [0.05, 0.1) is 22.3 Å². The second kappa shape index (κ2) is 6.78. The number of thiophene rings is 1. The first kappa shape index (κ1) is 16.0. The molecule has 1 saturated carbocycles. The van der Waals surface area contributed by atoms with Crippen LogP contribution < -0.4 is 5.32 Å². The van der Waals surface area contributed by atoms with Crippen molar-refractivity contribution in [3.8, 4) is 11.8 Å². The molecular formula is C21H21N3S. The van der Waals surface area contributed by atoms with Crippen LogP contribution in [-0.2, 0) is 13.5 Å². The highest BCUT2D eigenvalue weighted by atomic mass is 32.1. The maximum Gasteiger partial charge on any atom is 0.141 e. The fourth-order valence-electron chi connectivity index (χ4n) is 2.94. The zero-order valence-electron chi connectivity index (χ0n) is 14.4. The number of hydrogen-bond acceptors (Lipinski definition) is 3. The standard InChI is InChI=1S/C21H21N3S/c1-3-10-22-17-12-20-16(14-24(2)21(20)23-13-17)6-7-18-8-9-19(25-18)11-15-4-5-15/h3,8-9,12-15,22H,1,4-5,10-11H2,2H3. The molecule has 0 aliphatic heterocycles. The molecule has 0 bridgehead atoms. The highest BCUT2D eigenvalue weighted by Crippen LogP contribution is 2.34. The molecule has 0 aromatic carbocycles. The first-order valence-electron chi connectivity index (χ1n) is 8.63. The van der Waals surface area contributed by atoms with Crippen LogP contribution in [0.25, 0.3) is 11.0 Å². The average molecular weight is 347 g/mol. The van der Waals surface area contributed by atoms with E-state index in [1.165, 1.54) is 24.1 Å². The van der Waals surface area contributed by atoms with E-state index in [-0.39, 0.29) is 0 Å². The molecule has 4 rings (SSSR count). The highest BCUT2D eigenvalue weighted by molar-refractivity contribution is 7.12. The molecule has 1 N–H and O–H groups in total. The highest BCUT2D eigenvalue weighted by Gasteiger charge is 2.21. The Morgan fingerprint density at radius 1 is 1.40 bits per heavy atom. The zero-order valence-corrected chi connectivity index (χ0v) is 15.2. The number of anilines is 1. The molecule has 3 heterocycles. The minimum Gasteiger partial charge on any atom is -0.380 e. The number of nitrogens with one attached hydrogen (secondary N) is 1. The molecule has 1 aliphatic rings. The lowest BCUT2D eigenvalue weighted by molar-refractivity contribution is 0.846. The van der Waals surface area contributed by atoms with Crippen molar-refractivity contribution < 1.29 is 0 Å². The molecule has 1 aliphatic carbocycles. The molecule has 0 amide bonds. The third-order valence-electron chi connectivity index (χ3n) is 4.43. The predicted molar refractivity (Wildman–Crippen MR) is 106 cm³/mol. The normalized spacial score (nSPS) is 13.5. The van der Waals surface area contributed by atoms with Crippen LogP contribution in [0.5, 0.6) is 0 Å². The molecule has 0 saturated heterocycles. The van der Waals surface area contributed by atoms with Gasteiger partial charge in [-0.25, -0.2) is 4.98 Å². The molecule has 3 nitrogen and oxygen atoms in total. The van der Waals surface area contributed by atoms with Gasteiger partial charge in [-0.15, -0.1) is 17.9 Å². The summed E-state index contributed by atoms with van der Waals surface area (Å²) in [6.45, 7) is 4.46. The summed E-state index contributed by atoms with van der Waals surface area (Å²) in [5.74, 6) is 7.60. The Morgan fingerprint density at radius 2 is 2.28 bits per heavy atom. The fraction of sp³-hybridized carbons (Fsp3) is 0.286. The van der Waals surface area contributed by atoms with Gasteiger partial charge in [-0.3, -0.25) is 0 Å².